The first-order chi connectivity index (χ1) is 12.5. The lowest BCUT2D eigenvalue weighted by molar-refractivity contribution is 0.109. The zero-order valence-electron chi connectivity index (χ0n) is 16.8. The Bertz CT molecular complexity index is 547. The Balaban J connectivity index is 1.61. The van der Waals surface area contributed by atoms with E-state index in [-0.39, 0.29) is 0 Å². The summed E-state index contributed by atoms with van der Waals surface area (Å²) in [5, 5.41) is 14.0. The fourth-order valence-electron chi connectivity index (χ4n) is 4.21. The molecule has 0 radical (unpaired) electrons. The summed E-state index contributed by atoms with van der Waals surface area (Å²) < 4.78 is 0. The lowest BCUT2D eigenvalue weighted by Gasteiger charge is -2.36. The van der Waals surface area contributed by atoms with Gasteiger partial charge in [0.2, 0.25) is 0 Å². The van der Waals surface area contributed by atoms with Crippen LogP contribution in [0.25, 0.3) is 0 Å². The molecule has 26 heavy (non-hydrogen) atoms. The molecular formula is C22H34N4. The van der Waals surface area contributed by atoms with Crippen molar-refractivity contribution >= 4 is 12.4 Å². The minimum Gasteiger partial charge on any atom is -0.292 e. The summed E-state index contributed by atoms with van der Waals surface area (Å²) in [6.45, 7) is 9.09. The summed E-state index contributed by atoms with van der Waals surface area (Å²) >= 11 is 0. The molecule has 2 saturated heterocycles. The quantitative estimate of drug-likeness (QED) is 0.722. The average Bonchev–Trinajstić information content (AvgIpc) is 2.62. The van der Waals surface area contributed by atoms with Gasteiger partial charge in [0.15, 0.2) is 0 Å². The van der Waals surface area contributed by atoms with Gasteiger partial charge in [0.25, 0.3) is 0 Å². The van der Waals surface area contributed by atoms with E-state index in [1.54, 1.807) is 0 Å². The molecule has 0 aromatic heterocycles. The van der Waals surface area contributed by atoms with Gasteiger partial charge in [0, 0.05) is 24.2 Å². The first-order valence-electron chi connectivity index (χ1n) is 10.3. The van der Waals surface area contributed by atoms with Crippen molar-refractivity contribution in [2.75, 3.05) is 0 Å². The molecule has 0 saturated carbocycles. The van der Waals surface area contributed by atoms with E-state index in [9.17, 15) is 0 Å². The number of rotatable bonds is 4. The van der Waals surface area contributed by atoms with Crippen LogP contribution in [0.15, 0.2) is 34.5 Å². The molecule has 142 valence electrons. The van der Waals surface area contributed by atoms with Crippen LogP contribution in [-0.2, 0) is 0 Å². The second-order valence-corrected chi connectivity index (χ2v) is 8.17. The van der Waals surface area contributed by atoms with Crippen LogP contribution >= 0.6 is 0 Å². The van der Waals surface area contributed by atoms with Gasteiger partial charge < -0.3 is 0 Å². The van der Waals surface area contributed by atoms with Crippen LogP contribution in [0.4, 0.5) is 0 Å². The van der Waals surface area contributed by atoms with Gasteiger partial charge in [-0.25, -0.2) is 0 Å². The average molecular weight is 355 g/mol. The Hall–Kier alpha value is -1.84. The van der Waals surface area contributed by atoms with Crippen molar-refractivity contribution in [3.8, 4) is 0 Å². The molecule has 1 aromatic rings. The molecule has 4 unspecified atom stereocenters. The van der Waals surface area contributed by atoms with Gasteiger partial charge in [-0.15, -0.1) is 0 Å². The Morgan fingerprint density at radius 3 is 1.27 bits per heavy atom. The first kappa shape index (κ1) is 18.9. The normalized spacial score (nSPS) is 30.5. The van der Waals surface area contributed by atoms with Gasteiger partial charge in [-0.05, 0) is 77.3 Å². The molecule has 1 aromatic carbocycles. The van der Waals surface area contributed by atoms with E-state index in [2.05, 4.69) is 62.0 Å². The fraction of sp³-hybridized carbons (Fsp3) is 0.636. The van der Waals surface area contributed by atoms with E-state index in [1.807, 2.05) is 12.4 Å². The highest BCUT2D eigenvalue weighted by Gasteiger charge is 2.23. The first-order valence-corrected chi connectivity index (χ1v) is 10.3. The second kappa shape index (κ2) is 8.70. The number of benzene rings is 1. The highest BCUT2D eigenvalue weighted by Crippen LogP contribution is 2.23. The predicted molar refractivity (Wildman–Crippen MR) is 111 cm³/mol. The van der Waals surface area contributed by atoms with E-state index in [0.717, 1.165) is 11.1 Å². The molecule has 4 atom stereocenters. The molecule has 2 heterocycles. The molecule has 2 aliphatic rings. The fourth-order valence-corrected chi connectivity index (χ4v) is 4.21. The lowest BCUT2D eigenvalue weighted by Crippen LogP contribution is -2.39. The van der Waals surface area contributed by atoms with Gasteiger partial charge in [0.1, 0.15) is 0 Å². The molecule has 4 heteroatoms. The van der Waals surface area contributed by atoms with E-state index >= 15 is 0 Å². The Kier molecular flexibility index (Phi) is 6.33. The minimum absolute atomic E-state index is 0.537. The molecule has 0 aliphatic carbocycles. The number of nitrogens with zero attached hydrogens (tertiary/aromatic N) is 4. The molecule has 2 aliphatic heterocycles. The summed E-state index contributed by atoms with van der Waals surface area (Å²) in [4.78, 5) is 0. The third-order valence-electron chi connectivity index (χ3n) is 5.91. The maximum atomic E-state index is 4.75. The topological polar surface area (TPSA) is 31.2 Å². The third kappa shape index (κ3) is 4.66. The van der Waals surface area contributed by atoms with Gasteiger partial charge in [-0.2, -0.15) is 10.2 Å². The number of hydrogen-bond donors (Lipinski definition) is 0. The number of hydrazone groups is 2. The Morgan fingerprint density at radius 2 is 0.962 bits per heavy atom. The van der Waals surface area contributed by atoms with E-state index in [0.29, 0.717) is 24.2 Å². The zero-order valence-corrected chi connectivity index (χ0v) is 16.8. The SMILES string of the molecule is CC1CCCC(C)N1/N=C\c1ccc(/C=N\N2C(C)CCCC2C)cc1. The van der Waals surface area contributed by atoms with Crippen LogP contribution in [0.5, 0.6) is 0 Å². The second-order valence-electron chi connectivity index (χ2n) is 8.17. The van der Waals surface area contributed by atoms with Crippen molar-refractivity contribution in [3.05, 3.63) is 35.4 Å². The summed E-state index contributed by atoms with van der Waals surface area (Å²) in [6.07, 6.45) is 11.6. The van der Waals surface area contributed by atoms with Crippen molar-refractivity contribution < 1.29 is 0 Å². The number of piperidine rings is 2. The van der Waals surface area contributed by atoms with Crippen LogP contribution in [0.2, 0.25) is 0 Å². The largest absolute Gasteiger partial charge is 0.292 e. The van der Waals surface area contributed by atoms with Crippen LogP contribution in [0, 0.1) is 0 Å². The Morgan fingerprint density at radius 1 is 0.654 bits per heavy atom. The third-order valence-corrected chi connectivity index (χ3v) is 5.91. The molecule has 0 spiro atoms. The minimum atomic E-state index is 0.537. The van der Waals surface area contributed by atoms with Crippen LogP contribution in [-0.4, -0.2) is 46.6 Å². The van der Waals surface area contributed by atoms with Crippen molar-refractivity contribution in [3.63, 3.8) is 0 Å². The Labute approximate surface area is 159 Å². The molecule has 0 bridgehead atoms. The summed E-state index contributed by atoms with van der Waals surface area (Å²) in [5.74, 6) is 0. The van der Waals surface area contributed by atoms with Crippen molar-refractivity contribution in [2.45, 2.75) is 90.4 Å². The zero-order chi connectivity index (χ0) is 18.5. The molecule has 0 amide bonds. The standard InChI is InChI=1S/C22H34N4/c1-17-7-5-8-18(2)25(17)23-15-21-11-13-22(14-12-21)16-24-26-19(3)9-6-10-20(26)4/h11-20H,5-10H2,1-4H3/b23-15-,24-16-. The maximum absolute atomic E-state index is 4.75. The molecule has 2 fully saturated rings. The van der Waals surface area contributed by atoms with E-state index in [1.165, 1.54) is 38.5 Å². The van der Waals surface area contributed by atoms with Crippen molar-refractivity contribution in [2.24, 2.45) is 10.2 Å². The lowest BCUT2D eigenvalue weighted by atomic mass is 10.00. The summed E-state index contributed by atoms with van der Waals surface area (Å²) in [6, 6.07) is 10.7. The molecule has 0 N–H and O–H groups in total. The van der Waals surface area contributed by atoms with Crippen LogP contribution in [0.1, 0.15) is 77.3 Å². The highest BCUT2D eigenvalue weighted by molar-refractivity contribution is 5.83. The number of hydrogen-bond acceptors (Lipinski definition) is 4. The molecular weight excluding hydrogens is 320 g/mol. The van der Waals surface area contributed by atoms with Crippen LogP contribution in [0.3, 0.4) is 0 Å². The summed E-state index contributed by atoms with van der Waals surface area (Å²) in [5.41, 5.74) is 2.29. The predicted octanol–water partition coefficient (Wildman–Crippen LogP) is 4.88. The van der Waals surface area contributed by atoms with E-state index < -0.39 is 0 Å². The molecule has 3 rings (SSSR count). The monoisotopic (exact) mass is 354 g/mol. The van der Waals surface area contributed by atoms with Gasteiger partial charge in [-0.1, -0.05) is 24.3 Å². The maximum Gasteiger partial charge on any atom is 0.0543 e. The van der Waals surface area contributed by atoms with E-state index in [4.69, 9.17) is 10.2 Å². The van der Waals surface area contributed by atoms with Gasteiger partial charge >= 0.3 is 0 Å². The molecule has 4 nitrogen and oxygen atoms in total. The van der Waals surface area contributed by atoms with Crippen molar-refractivity contribution in [1.29, 1.82) is 0 Å². The summed E-state index contributed by atoms with van der Waals surface area (Å²) in [7, 11) is 0. The highest BCUT2D eigenvalue weighted by atomic mass is 15.5. The van der Waals surface area contributed by atoms with Gasteiger partial charge in [0.05, 0.1) is 12.4 Å². The van der Waals surface area contributed by atoms with Crippen molar-refractivity contribution in [1.82, 2.24) is 10.0 Å². The van der Waals surface area contributed by atoms with Crippen LogP contribution < -0.4 is 0 Å². The smallest absolute Gasteiger partial charge is 0.0543 e. The van der Waals surface area contributed by atoms with Gasteiger partial charge in [-0.3, -0.25) is 10.0 Å².